The number of carbonyl (C=O) groups is 2. The van der Waals surface area contributed by atoms with E-state index in [9.17, 15) is 9.59 Å². The van der Waals surface area contributed by atoms with E-state index in [1.54, 1.807) is 29.2 Å². The van der Waals surface area contributed by atoms with Gasteiger partial charge in [-0.05, 0) is 41.8 Å². The number of nitrogens with one attached hydrogen (secondary N) is 1. The fraction of sp³-hybridized carbons (Fsp3) is 0.391. The number of halogens is 2. The Morgan fingerprint density at radius 1 is 1.13 bits per heavy atom. The molecule has 1 fully saturated rings. The van der Waals surface area contributed by atoms with Crippen molar-refractivity contribution < 1.29 is 19.4 Å². The first-order chi connectivity index (χ1) is 15.0. The second-order valence-corrected chi connectivity index (χ2v) is 8.27. The van der Waals surface area contributed by atoms with Gasteiger partial charge in [0.25, 0.3) is 0 Å². The Balaban J connectivity index is 2.07. The van der Waals surface area contributed by atoms with E-state index < -0.39 is 18.2 Å². The molecule has 0 bridgehead atoms. The van der Waals surface area contributed by atoms with Crippen LogP contribution in [-0.2, 0) is 14.3 Å². The van der Waals surface area contributed by atoms with Crippen LogP contribution in [0.5, 0.6) is 0 Å². The molecule has 1 aliphatic heterocycles. The Hall–Kier alpha value is -2.12. The van der Waals surface area contributed by atoms with Crippen LogP contribution in [0.2, 0.25) is 10.0 Å². The summed E-state index contributed by atoms with van der Waals surface area (Å²) in [6.45, 7) is 1.79. The van der Waals surface area contributed by atoms with Crippen molar-refractivity contribution in [2.45, 2.75) is 38.0 Å². The number of hydrogen-bond acceptors (Lipinski definition) is 4. The van der Waals surface area contributed by atoms with Crippen molar-refractivity contribution in [3.05, 3.63) is 69.7 Å². The molecule has 0 radical (unpaired) electrons. The van der Waals surface area contributed by atoms with Crippen molar-refractivity contribution >= 4 is 35.0 Å². The summed E-state index contributed by atoms with van der Waals surface area (Å²) < 4.78 is 5.99. The SMILES string of the molecule is CCC[C@H](C(=O)NCCO)N1C(=O)CO[C@H](c2ccc(Cl)cc2)[C@@H]1c1ccc(Cl)cc1. The van der Waals surface area contributed by atoms with Crippen LogP contribution in [-0.4, -0.2) is 47.6 Å². The molecule has 31 heavy (non-hydrogen) atoms. The number of amides is 2. The van der Waals surface area contributed by atoms with Gasteiger partial charge in [-0.25, -0.2) is 0 Å². The van der Waals surface area contributed by atoms with Crippen LogP contribution in [0, 0.1) is 0 Å². The number of carbonyl (C=O) groups excluding carboxylic acids is 2. The van der Waals surface area contributed by atoms with Crippen LogP contribution in [0.4, 0.5) is 0 Å². The molecule has 6 nitrogen and oxygen atoms in total. The molecule has 2 aromatic carbocycles. The largest absolute Gasteiger partial charge is 0.395 e. The molecule has 0 aliphatic carbocycles. The summed E-state index contributed by atoms with van der Waals surface area (Å²) >= 11 is 12.2. The maximum atomic E-state index is 13.1. The minimum atomic E-state index is -0.691. The number of benzene rings is 2. The maximum absolute atomic E-state index is 13.1. The number of aliphatic hydroxyl groups is 1. The minimum Gasteiger partial charge on any atom is -0.395 e. The number of morpholine rings is 1. The van der Waals surface area contributed by atoms with Gasteiger partial charge in [-0.1, -0.05) is 60.8 Å². The lowest BCUT2D eigenvalue weighted by Gasteiger charge is -2.45. The fourth-order valence-electron chi connectivity index (χ4n) is 3.89. The number of hydrogen-bond donors (Lipinski definition) is 2. The third-order valence-corrected chi connectivity index (χ3v) is 5.79. The number of ether oxygens (including phenoxy) is 1. The second-order valence-electron chi connectivity index (χ2n) is 7.40. The molecule has 0 aromatic heterocycles. The van der Waals surface area contributed by atoms with Crippen molar-refractivity contribution in [2.75, 3.05) is 19.8 Å². The maximum Gasteiger partial charge on any atom is 0.249 e. The lowest BCUT2D eigenvalue weighted by atomic mass is 9.90. The lowest BCUT2D eigenvalue weighted by Crippen LogP contribution is -2.56. The first kappa shape index (κ1) is 23.5. The third kappa shape index (κ3) is 5.57. The van der Waals surface area contributed by atoms with E-state index in [0.29, 0.717) is 22.9 Å². The molecular weight excluding hydrogens is 439 g/mol. The van der Waals surface area contributed by atoms with Crippen LogP contribution in [0.1, 0.15) is 43.0 Å². The Morgan fingerprint density at radius 2 is 1.71 bits per heavy atom. The van der Waals surface area contributed by atoms with Gasteiger partial charge in [0, 0.05) is 16.6 Å². The highest BCUT2D eigenvalue weighted by molar-refractivity contribution is 6.30. The zero-order valence-corrected chi connectivity index (χ0v) is 18.8. The second kappa shape index (κ2) is 11.0. The van der Waals surface area contributed by atoms with E-state index in [1.165, 1.54) is 0 Å². The number of rotatable bonds is 8. The summed E-state index contributed by atoms with van der Waals surface area (Å²) in [7, 11) is 0. The Bertz CT molecular complexity index is 889. The summed E-state index contributed by atoms with van der Waals surface area (Å²) in [5.74, 6) is -0.553. The molecule has 166 valence electrons. The molecule has 0 spiro atoms. The molecule has 1 aliphatic rings. The smallest absolute Gasteiger partial charge is 0.249 e. The number of nitrogens with zero attached hydrogens (tertiary/aromatic N) is 1. The van der Waals surface area contributed by atoms with E-state index in [4.69, 9.17) is 33.0 Å². The summed E-state index contributed by atoms with van der Waals surface area (Å²) in [6.07, 6.45) is 0.711. The van der Waals surface area contributed by atoms with Crippen molar-refractivity contribution in [1.82, 2.24) is 10.2 Å². The van der Waals surface area contributed by atoms with Gasteiger partial charge < -0.3 is 20.1 Å². The number of aliphatic hydroxyl groups excluding tert-OH is 1. The van der Waals surface area contributed by atoms with Gasteiger partial charge in [-0.2, -0.15) is 0 Å². The quantitative estimate of drug-likeness (QED) is 0.620. The minimum absolute atomic E-state index is 0.129. The van der Waals surface area contributed by atoms with Gasteiger partial charge in [-0.15, -0.1) is 0 Å². The Morgan fingerprint density at radius 3 is 2.26 bits per heavy atom. The van der Waals surface area contributed by atoms with Crippen LogP contribution in [0.3, 0.4) is 0 Å². The summed E-state index contributed by atoms with van der Waals surface area (Å²) in [6, 6.07) is 13.3. The van der Waals surface area contributed by atoms with Crippen molar-refractivity contribution in [2.24, 2.45) is 0 Å². The van der Waals surface area contributed by atoms with Crippen molar-refractivity contribution in [1.29, 1.82) is 0 Å². The molecule has 2 aromatic rings. The van der Waals surface area contributed by atoms with Gasteiger partial charge in [-0.3, -0.25) is 9.59 Å². The lowest BCUT2D eigenvalue weighted by molar-refractivity contribution is -0.167. The van der Waals surface area contributed by atoms with Gasteiger partial charge in [0.1, 0.15) is 18.8 Å². The third-order valence-electron chi connectivity index (χ3n) is 5.28. The summed E-state index contributed by atoms with van der Waals surface area (Å²) in [4.78, 5) is 27.7. The van der Waals surface area contributed by atoms with Gasteiger partial charge >= 0.3 is 0 Å². The summed E-state index contributed by atoms with van der Waals surface area (Å²) in [5.41, 5.74) is 1.67. The van der Waals surface area contributed by atoms with E-state index in [-0.39, 0.29) is 31.6 Å². The molecule has 2 N–H and O–H groups in total. The van der Waals surface area contributed by atoms with E-state index >= 15 is 0 Å². The first-order valence-electron chi connectivity index (χ1n) is 10.3. The predicted molar refractivity (Wildman–Crippen MR) is 120 cm³/mol. The highest BCUT2D eigenvalue weighted by Gasteiger charge is 2.43. The van der Waals surface area contributed by atoms with Gasteiger partial charge in [0.05, 0.1) is 12.6 Å². The van der Waals surface area contributed by atoms with Crippen molar-refractivity contribution in [3.63, 3.8) is 0 Å². The Kier molecular flexibility index (Phi) is 8.32. The van der Waals surface area contributed by atoms with Gasteiger partial charge in [0.15, 0.2) is 0 Å². The molecule has 0 saturated carbocycles. The van der Waals surface area contributed by atoms with E-state index in [2.05, 4.69) is 5.32 Å². The molecule has 1 heterocycles. The average molecular weight is 465 g/mol. The van der Waals surface area contributed by atoms with E-state index in [0.717, 1.165) is 11.1 Å². The highest BCUT2D eigenvalue weighted by Crippen LogP contribution is 2.42. The molecule has 3 atom stereocenters. The molecule has 8 heteroatoms. The standard InChI is InChI=1S/C23H26Cl2N2O4/c1-2-3-19(23(30)26-12-13-28)27-20(29)14-31-22(16-6-10-18(25)11-7-16)21(27)15-4-8-17(24)9-5-15/h4-11,19,21-22,28H,2-3,12-14H2,1H3,(H,26,30)/t19-,21+,22-/m1/s1. The van der Waals surface area contributed by atoms with E-state index in [1.807, 2.05) is 31.2 Å². The molecule has 2 amide bonds. The molecular formula is C23H26Cl2N2O4. The zero-order chi connectivity index (χ0) is 22.4. The van der Waals surface area contributed by atoms with Gasteiger partial charge in [0.2, 0.25) is 11.8 Å². The van der Waals surface area contributed by atoms with Crippen LogP contribution in [0.25, 0.3) is 0 Å². The predicted octanol–water partition coefficient (Wildman–Crippen LogP) is 3.91. The van der Waals surface area contributed by atoms with Crippen LogP contribution < -0.4 is 5.32 Å². The van der Waals surface area contributed by atoms with Crippen LogP contribution >= 0.6 is 23.2 Å². The topological polar surface area (TPSA) is 78.9 Å². The monoisotopic (exact) mass is 464 g/mol. The molecule has 3 rings (SSSR count). The molecule has 0 unspecified atom stereocenters. The normalized spacial score (nSPS) is 19.9. The molecule has 1 saturated heterocycles. The fourth-order valence-corrected chi connectivity index (χ4v) is 4.14. The first-order valence-corrected chi connectivity index (χ1v) is 11.0. The average Bonchev–Trinajstić information content (AvgIpc) is 2.77. The van der Waals surface area contributed by atoms with Crippen molar-refractivity contribution in [3.8, 4) is 0 Å². The summed E-state index contributed by atoms with van der Waals surface area (Å²) in [5, 5.41) is 13.0. The zero-order valence-electron chi connectivity index (χ0n) is 17.3. The van der Waals surface area contributed by atoms with Crippen LogP contribution in [0.15, 0.2) is 48.5 Å². The Labute approximate surface area is 192 Å². The highest BCUT2D eigenvalue weighted by atomic mass is 35.5.